The lowest BCUT2D eigenvalue weighted by Crippen LogP contribution is -2.57. The minimum atomic E-state index is -1.19. The fourth-order valence-electron chi connectivity index (χ4n) is 2.27. The largest absolute Gasteiger partial charge is 0.480 e. The maximum Gasteiger partial charge on any atom is 0.329 e. The fraction of sp³-hybridized carbons (Fsp3) is 0.571. The quantitative estimate of drug-likeness (QED) is 0.740. The summed E-state index contributed by atoms with van der Waals surface area (Å²) in [7, 11) is 0. The van der Waals surface area contributed by atoms with Crippen molar-refractivity contribution < 1.29 is 19.1 Å². The third-order valence-electron chi connectivity index (χ3n) is 3.68. The van der Waals surface area contributed by atoms with Crippen LogP contribution in [0.2, 0.25) is 0 Å². The zero-order valence-electron chi connectivity index (χ0n) is 11.7. The monoisotopic (exact) mass is 280 g/mol. The minimum Gasteiger partial charge on any atom is -0.480 e. The predicted octanol–water partition coefficient (Wildman–Crippen LogP) is 1.76. The number of hydrogen-bond acceptors (Lipinski definition) is 3. The first-order chi connectivity index (χ1) is 9.41. The molecule has 20 heavy (non-hydrogen) atoms. The van der Waals surface area contributed by atoms with E-state index in [4.69, 9.17) is 4.42 Å². The van der Waals surface area contributed by atoms with Gasteiger partial charge in [-0.3, -0.25) is 0 Å². The summed E-state index contributed by atoms with van der Waals surface area (Å²) in [5.41, 5.74) is -1.19. The Hall–Kier alpha value is -1.98. The Kier molecular flexibility index (Phi) is 4.01. The molecule has 6 nitrogen and oxygen atoms in total. The molecule has 1 fully saturated rings. The van der Waals surface area contributed by atoms with Gasteiger partial charge in [0.25, 0.3) is 0 Å². The van der Waals surface area contributed by atoms with Gasteiger partial charge in [-0.05, 0) is 44.7 Å². The fourth-order valence-corrected chi connectivity index (χ4v) is 2.27. The maximum absolute atomic E-state index is 11.9. The average molecular weight is 280 g/mol. The first-order valence-electron chi connectivity index (χ1n) is 6.76. The summed E-state index contributed by atoms with van der Waals surface area (Å²) in [6.45, 7) is 3.40. The van der Waals surface area contributed by atoms with Crippen molar-refractivity contribution in [2.45, 2.75) is 44.7 Å². The van der Waals surface area contributed by atoms with E-state index in [2.05, 4.69) is 10.6 Å². The van der Waals surface area contributed by atoms with Crippen molar-refractivity contribution in [1.82, 2.24) is 10.6 Å². The molecular formula is C14H20N2O4. The molecule has 0 bridgehead atoms. The number of urea groups is 1. The Morgan fingerprint density at radius 3 is 2.75 bits per heavy atom. The van der Waals surface area contributed by atoms with Gasteiger partial charge in [0.15, 0.2) is 0 Å². The lowest BCUT2D eigenvalue weighted by Gasteiger charge is -2.27. The molecule has 2 atom stereocenters. The van der Waals surface area contributed by atoms with Gasteiger partial charge in [-0.2, -0.15) is 0 Å². The number of furan rings is 1. The zero-order valence-corrected chi connectivity index (χ0v) is 11.7. The molecule has 110 valence electrons. The third-order valence-corrected chi connectivity index (χ3v) is 3.68. The summed E-state index contributed by atoms with van der Waals surface area (Å²) < 4.78 is 5.21. The van der Waals surface area contributed by atoms with Crippen LogP contribution in [-0.4, -0.2) is 28.7 Å². The number of amides is 2. The van der Waals surface area contributed by atoms with E-state index in [0.717, 1.165) is 18.6 Å². The van der Waals surface area contributed by atoms with Gasteiger partial charge in [0.2, 0.25) is 0 Å². The van der Waals surface area contributed by atoms with Gasteiger partial charge in [0.1, 0.15) is 11.3 Å². The summed E-state index contributed by atoms with van der Waals surface area (Å²) in [4.78, 5) is 23.2. The van der Waals surface area contributed by atoms with Crippen LogP contribution in [0.3, 0.4) is 0 Å². The highest BCUT2D eigenvalue weighted by Gasteiger charge is 2.48. The van der Waals surface area contributed by atoms with Crippen molar-refractivity contribution >= 4 is 12.0 Å². The molecule has 0 aliphatic heterocycles. The number of carboxylic acid groups (broad SMARTS) is 1. The van der Waals surface area contributed by atoms with E-state index in [9.17, 15) is 14.7 Å². The Morgan fingerprint density at radius 2 is 2.25 bits per heavy atom. The molecule has 0 spiro atoms. The highest BCUT2D eigenvalue weighted by Crippen LogP contribution is 2.39. The lowest BCUT2D eigenvalue weighted by molar-refractivity contribution is -0.144. The number of carbonyl (C=O) groups excluding carboxylic acids is 1. The van der Waals surface area contributed by atoms with Crippen LogP contribution < -0.4 is 10.6 Å². The van der Waals surface area contributed by atoms with Crippen molar-refractivity contribution in [3.8, 4) is 0 Å². The van der Waals surface area contributed by atoms with Crippen LogP contribution in [-0.2, 0) is 11.2 Å². The van der Waals surface area contributed by atoms with Gasteiger partial charge in [-0.15, -0.1) is 0 Å². The second-order valence-corrected chi connectivity index (χ2v) is 5.56. The van der Waals surface area contributed by atoms with E-state index < -0.39 is 17.5 Å². The molecule has 0 radical (unpaired) electrons. The first-order valence-corrected chi connectivity index (χ1v) is 6.76. The molecule has 1 aliphatic rings. The van der Waals surface area contributed by atoms with Crippen molar-refractivity contribution in [2.75, 3.05) is 0 Å². The van der Waals surface area contributed by atoms with Crippen LogP contribution in [0.1, 0.15) is 32.4 Å². The normalized spacial score (nSPS) is 18.9. The van der Waals surface area contributed by atoms with Crippen LogP contribution in [0.4, 0.5) is 4.79 Å². The average Bonchev–Trinajstić information content (AvgIpc) is 3.09. The number of rotatable bonds is 6. The van der Waals surface area contributed by atoms with Crippen molar-refractivity contribution in [1.29, 1.82) is 0 Å². The summed E-state index contributed by atoms with van der Waals surface area (Å²) in [6.07, 6.45) is 3.82. The Morgan fingerprint density at radius 1 is 1.55 bits per heavy atom. The van der Waals surface area contributed by atoms with E-state index in [0.29, 0.717) is 6.42 Å². The molecule has 0 aromatic carbocycles. The van der Waals surface area contributed by atoms with Gasteiger partial charge >= 0.3 is 12.0 Å². The van der Waals surface area contributed by atoms with E-state index in [1.54, 1.807) is 19.3 Å². The van der Waals surface area contributed by atoms with E-state index in [1.807, 2.05) is 13.0 Å². The predicted molar refractivity (Wildman–Crippen MR) is 72.3 cm³/mol. The summed E-state index contributed by atoms with van der Waals surface area (Å²) in [6, 6.07) is 3.03. The molecule has 0 saturated heterocycles. The number of nitrogens with one attached hydrogen (secondary N) is 2. The van der Waals surface area contributed by atoms with Gasteiger partial charge in [-0.25, -0.2) is 9.59 Å². The van der Waals surface area contributed by atoms with Crippen LogP contribution in [0, 0.1) is 5.92 Å². The molecule has 2 unspecified atom stereocenters. The van der Waals surface area contributed by atoms with Gasteiger partial charge < -0.3 is 20.2 Å². The van der Waals surface area contributed by atoms with E-state index >= 15 is 0 Å². The molecule has 1 saturated carbocycles. The van der Waals surface area contributed by atoms with Crippen LogP contribution in [0.25, 0.3) is 0 Å². The number of carbonyl (C=O) groups is 2. The Balaban J connectivity index is 1.86. The Labute approximate surface area is 117 Å². The van der Waals surface area contributed by atoms with E-state index in [-0.39, 0.29) is 12.0 Å². The summed E-state index contributed by atoms with van der Waals surface area (Å²) in [5.74, 6) is -0.194. The first kappa shape index (κ1) is 14.4. The highest BCUT2D eigenvalue weighted by molar-refractivity contribution is 5.86. The van der Waals surface area contributed by atoms with Gasteiger partial charge in [0.05, 0.1) is 6.26 Å². The van der Waals surface area contributed by atoms with Crippen molar-refractivity contribution in [3.63, 3.8) is 0 Å². The van der Waals surface area contributed by atoms with Gasteiger partial charge in [-0.1, -0.05) is 0 Å². The second-order valence-electron chi connectivity index (χ2n) is 5.56. The molecule has 1 aliphatic carbocycles. The van der Waals surface area contributed by atoms with Crippen LogP contribution in [0.15, 0.2) is 22.8 Å². The topological polar surface area (TPSA) is 91.6 Å². The molecule has 2 amide bonds. The number of carboxylic acids is 1. The SMILES string of the molecule is CC(Cc1ccco1)NC(=O)NC(C)(C(=O)O)C1CC1. The molecule has 2 rings (SSSR count). The maximum atomic E-state index is 11.9. The lowest BCUT2D eigenvalue weighted by atomic mass is 9.96. The molecule has 3 N–H and O–H groups in total. The number of aliphatic carboxylic acids is 1. The van der Waals surface area contributed by atoms with Crippen LogP contribution in [0.5, 0.6) is 0 Å². The zero-order chi connectivity index (χ0) is 14.8. The van der Waals surface area contributed by atoms with Crippen molar-refractivity contribution in [2.24, 2.45) is 5.92 Å². The molecule has 1 aromatic rings. The van der Waals surface area contributed by atoms with Crippen LogP contribution >= 0.6 is 0 Å². The third kappa shape index (κ3) is 3.31. The van der Waals surface area contributed by atoms with Gasteiger partial charge in [0, 0.05) is 12.5 Å². The number of hydrogen-bond donors (Lipinski definition) is 3. The molecule has 1 heterocycles. The minimum absolute atomic E-state index is 0.0196. The molecular weight excluding hydrogens is 260 g/mol. The van der Waals surface area contributed by atoms with Crippen molar-refractivity contribution in [3.05, 3.63) is 24.2 Å². The standard InChI is InChI=1S/C14H20N2O4/c1-9(8-11-4-3-7-20-11)15-13(19)16-14(2,12(17)18)10-5-6-10/h3-4,7,9-10H,5-6,8H2,1-2H3,(H,17,18)(H2,15,16,19). The molecule has 1 aromatic heterocycles. The highest BCUT2D eigenvalue weighted by atomic mass is 16.4. The summed E-state index contributed by atoms with van der Waals surface area (Å²) in [5, 5.41) is 14.6. The second kappa shape index (κ2) is 5.56. The Bertz CT molecular complexity index is 481. The summed E-state index contributed by atoms with van der Waals surface area (Å²) >= 11 is 0. The van der Waals surface area contributed by atoms with E-state index in [1.165, 1.54) is 0 Å². The smallest absolute Gasteiger partial charge is 0.329 e. The molecule has 6 heteroatoms.